The van der Waals surface area contributed by atoms with Crippen molar-refractivity contribution in [3.8, 4) is 5.69 Å². The molecule has 0 spiro atoms. The van der Waals surface area contributed by atoms with E-state index in [0.717, 1.165) is 23.5 Å². The third-order valence-electron chi connectivity index (χ3n) is 3.13. The second kappa shape index (κ2) is 5.75. The Morgan fingerprint density at radius 1 is 1.05 bits per heavy atom. The van der Waals surface area contributed by atoms with E-state index in [-0.39, 0.29) is 12.1 Å². The average molecular weight is 285 g/mol. The summed E-state index contributed by atoms with van der Waals surface area (Å²) in [6.07, 6.45) is 3.51. The predicted molar refractivity (Wildman–Crippen MR) is 77.2 cm³/mol. The van der Waals surface area contributed by atoms with Gasteiger partial charge in [-0.25, -0.2) is 13.5 Å². The zero-order valence-corrected chi connectivity index (χ0v) is 11.1. The van der Waals surface area contributed by atoms with Gasteiger partial charge < -0.3 is 5.32 Å². The topological polar surface area (TPSA) is 29.9 Å². The summed E-state index contributed by atoms with van der Waals surface area (Å²) in [5.41, 5.74) is 1.93. The third-order valence-corrected chi connectivity index (χ3v) is 3.13. The Bertz CT molecular complexity index is 739. The number of hydrogen-bond donors (Lipinski definition) is 1. The van der Waals surface area contributed by atoms with Gasteiger partial charge in [0.1, 0.15) is 11.6 Å². The summed E-state index contributed by atoms with van der Waals surface area (Å²) in [6, 6.07) is 12.8. The van der Waals surface area contributed by atoms with E-state index in [0.29, 0.717) is 0 Å². The van der Waals surface area contributed by atoms with Crippen molar-refractivity contribution in [3.05, 3.63) is 78.1 Å². The van der Waals surface area contributed by atoms with Crippen molar-refractivity contribution in [1.82, 2.24) is 9.78 Å². The van der Waals surface area contributed by atoms with E-state index >= 15 is 0 Å². The van der Waals surface area contributed by atoms with Crippen molar-refractivity contribution in [2.75, 3.05) is 5.32 Å². The zero-order valence-electron chi connectivity index (χ0n) is 11.1. The number of halogens is 2. The number of nitrogens with one attached hydrogen (secondary N) is 1. The van der Waals surface area contributed by atoms with Gasteiger partial charge in [-0.2, -0.15) is 5.10 Å². The lowest BCUT2D eigenvalue weighted by molar-refractivity contribution is 0.587. The van der Waals surface area contributed by atoms with Crippen molar-refractivity contribution < 1.29 is 8.78 Å². The van der Waals surface area contributed by atoms with Gasteiger partial charge in [0.25, 0.3) is 0 Å². The number of rotatable bonds is 4. The van der Waals surface area contributed by atoms with Crippen LogP contribution in [-0.2, 0) is 6.54 Å². The van der Waals surface area contributed by atoms with Crippen LogP contribution >= 0.6 is 0 Å². The molecule has 3 nitrogen and oxygen atoms in total. The van der Waals surface area contributed by atoms with Gasteiger partial charge in [0, 0.05) is 24.5 Å². The third kappa shape index (κ3) is 2.91. The van der Waals surface area contributed by atoms with Crippen molar-refractivity contribution in [3.63, 3.8) is 0 Å². The molecule has 0 radical (unpaired) electrons. The van der Waals surface area contributed by atoms with Crippen molar-refractivity contribution in [2.24, 2.45) is 0 Å². The molecule has 106 valence electrons. The average Bonchev–Trinajstić information content (AvgIpc) is 3.03. The van der Waals surface area contributed by atoms with Gasteiger partial charge in [0.2, 0.25) is 0 Å². The fourth-order valence-corrected chi connectivity index (χ4v) is 2.10. The summed E-state index contributed by atoms with van der Waals surface area (Å²) >= 11 is 0. The van der Waals surface area contributed by atoms with Crippen LogP contribution in [0.2, 0.25) is 0 Å². The highest BCUT2D eigenvalue weighted by Crippen LogP contribution is 2.20. The number of para-hydroxylation sites is 2. The number of nitrogens with zero attached hydrogens (tertiary/aromatic N) is 2. The second-order valence-corrected chi connectivity index (χ2v) is 4.56. The highest BCUT2D eigenvalue weighted by molar-refractivity contribution is 5.60. The highest BCUT2D eigenvalue weighted by Gasteiger charge is 2.07. The lowest BCUT2D eigenvalue weighted by Gasteiger charge is -2.12. The molecule has 3 aromatic rings. The van der Waals surface area contributed by atoms with Gasteiger partial charge in [-0.15, -0.1) is 0 Å². The smallest absolute Gasteiger partial charge is 0.128 e. The number of hydrogen-bond acceptors (Lipinski definition) is 2. The van der Waals surface area contributed by atoms with Gasteiger partial charge in [-0.3, -0.25) is 0 Å². The molecule has 0 unspecified atom stereocenters. The first-order valence-corrected chi connectivity index (χ1v) is 6.51. The molecule has 0 aliphatic heterocycles. The summed E-state index contributed by atoms with van der Waals surface area (Å²) in [5, 5.41) is 7.29. The van der Waals surface area contributed by atoms with Crippen molar-refractivity contribution >= 4 is 5.69 Å². The molecule has 2 aromatic carbocycles. The van der Waals surface area contributed by atoms with Crippen LogP contribution in [-0.4, -0.2) is 9.78 Å². The molecule has 0 atom stereocenters. The van der Waals surface area contributed by atoms with Crippen molar-refractivity contribution in [1.29, 1.82) is 0 Å². The minimum Gasteiger partial charge on any atom is -0.379 e. The fraction of sp³-hybridized carbons (Fsp3) is 0.0625. The molecular weight excluding hydrogens is 272 g/mol. The molecule has 1 N–H and O–H groups in total. The zero-order chi connectivity index (χ0) is 14.7. The summed E-state index contributed by atoms with van der Waals surface area (Å²) in [4.78, 5) is 0. The summed E-state index contributed by atoms with van der Waals surface area (Å²) in [6.45, 7) is 0.196. The molecule has 5 heteroatoms. The number of benzene rings is 2. The van der Waals surface area contributed by atoms with E-state index < -0.39 is 11.6 Å². The molecular formula is C16H13F2N3. The van der Waals surface area contributed by atoms with Crippen molar-refractivity contribution in [2.45, 2.75) is 6.54 Å². The molecule has 0 amide bonds. The maximum absolute atomic E-state index is 13.6. The van der Waals surface area contributed by atoms with Crippen LogP contribution in [0.4, 0.5) is 14.5 Å². The molecule has 0 saturated carbocycles. The standard InChI is InChI=1S/C16H13F2N3/c17-13-6-7-14(18)12(10-13)11-19-15-4-1-2-5-16(15)21-9-3-8-20-21/h1-10,19H,11H2. The minimum atomic E-state index is -0.450. The van der Waals surface area contributed by atoms with E-state index in [1.165, 1.54) is 6.07 Å². The molecule has 1 aromatic heterocycles. The predicted octanol–water partition coefficient (Wildman–Crippen LogP) is 3.76. The van der Waals surface area contributed by atoms with Crippen LogP contribution in [0.1, 0.15) is 5.56 Å². The van der Waals surface area contributed by atoms with Gasteiger partial charge in [-0.05, 0) is 36.4 Å². The molecule has 0 saturated heterocycles. The quantitative estimate of drug-likeness (QED) is 0.791. The van der Waals surface area contributed by atoms with Gasteiger partial charge >= 0.3 is 0 Å². The van der Waals surface area contributed by atoms with E-state index in [1.54, 1.807) is 10.9 Å². The van der Waals surface area contributed by atoms with Crippen LogP contribution in [0.15, 0.2) is 60.9 Å². The molecule has 1 heterocycles. The Morgan fingerprint density at radius 3 is 2.71 bits per heavy atom. The van der Waals surface area contributed by atoms with Gasteiger partial charge in [-0.1, -0.05) is 12.1 Å². The normalized spacial score (nSPS) is 10.6. The van der Waals surface area contributed by atoms with Crippen LogP contribution in [0.3, 0.4) is 0 Å². The van der Waals surface area contributed by atoms with Crippen LogP contribution in [0.25, 0.3) is 5.69 Å². The van der Waals surface area contributed by atoms with E-state index in [1.807, 2.05) is 36.5 Å². The van der Waals surface area contributed by atoms with Crippen LogP contribution < -0.4 is 5.32 Å². The SMILES string of the molecule is Fc1ccc(F)c(CNc2ccccc2-n2cccn2)c1. The minimum absolute atomic E-state index is 0.196. The monoisotopic (exact) mass is 285 g/mol. The van der Waals surface area contributed by atoms with Crippen LogP contribution in [0, 0.1) is 11.6 Å². The Balaban J connectivity index is 1.84. The maximum atomic E-state index is 13.6. The van der Waals surface area contributed by atoms with Crippen LogP contribution in [0.5, 0.6) is 0 Å². The molecule has 21 heavy (non-hydrogen) atoms. The first-order chi connectivity index (χ1) is 10.2. The lowest BCUT2D eigenvalue weighted by Crippen LogP contribution is -2.06. The van der Waals surface area contributed by atoms with E-state index in [2.05, 4.69) is 10.4 Å². The summed E-state index contributed by atoms with van der Waals surface area (Å²) in [5.74, 6) is -0.881. The Morgan fingerprint density at radius 2 is 1.90 bits per heavy atom. The number of aromatic nitrogens is 2. The number of anilines is 1. The molecule has 0 aliphatic carbocycles. The molecule has 0 aliphatic rings. The van der Waals surface area contributed by atoms with E-state index in [4.69, 9.17) is 0 Å². The lowest BCUT2D eigenvalue weighted by atomic mass is 10.2. The highest BCUT2D eigenvalue weighted by atomic mass is 19.1. The summed E-state index contributed by atoms with van der Waals surface area (Å²) in [7, 11) is 0. The Hall–Kier alpha value is -2.69. The Labute approximate surface area is 120 Å². The maximum Gasteiger partial charge on any atom is 0.128 e. The molecule has 0 fully saturated rings. The van der Waals surface area contributed by atoms with Gasteiger partial charge in [0.05, 0.1) is 11.4 Å². The first-order valence-electron chi connectivity index (χ1n) is 6.51. The summed E-state index contributed by atoms with van der Waals surface area (Å²) < 4.78 is 28.5. The molecule has 3 rings (SSSR count). The largest absolute Gasteiger partial charge is 0.379 e. The molecule has 0 bridgehead atoms. The van der Waals surface area contributed by atoms with Gasteiger partial charge in [0.15, 0.2) is 0 Å². The second-order valence-electron chi connectivity index (χ2n) is 4.56. The fourth-order valence-electron chi connectivity index (χ4n) is 2.10. The van der Waals surface area contributed by atoms with E-state index in [9.17, 15) is 8.78 Å². The first kappa shape index (κ1) is 13.3. The Kier molecular flexibility index (Phi) is 3.64.